The minimum Gasteiger partial charge on any atom is -0.496 e. The quantitative estimate of drug-likeness (QED) is 0.922. The summed E-state index contributed by atoms with van der Waals surface area (Å²) in [5, 5.41) is 10.7. The molecular weight excluding hydrogens is 256 g/mol. The first kappa shape index (κ1) is 13.7. The van der Waals surface area contributed by atoms with Crippen molar-refractivity contribution >= 4 is 0 Å². The fourth-order valence-corrected chi connectivity index (χ4v) is 3.15. The van der Waals surface area contributed by atoms with Gasteiger partial charge in [-0.15, -0.1) is 0 Å². The van der Waals surface area contributed by atoms with Crippen LogP contribution < -0.4 is 9.47 Å². The van der Waals surface area contributed by atoms with E-state index in [1.807, 2.05) is 12.1 Å². The lowest BCUT2D eigenvalue weighted by atomic mass is 9.88. The van der Waals surface area contributed by atoms with Gasteiger partial charge >= 0.3 is 0 Å². The van der Waals surface area contributed by atoms with Crippen molar-refractivity contribution in [2.24, 2.45) is 5.92 Å². The number of benzene rings is 1. The Labute approximate surface area is 119 Å². The minimum atomic E-state index is -0.515. The standard InChI is InChI=1S/C16H22O4/c1-10-7-12-8-15(18-2)13(9-14(12)20-10)16(17)11-3-5-19-6-4-11/h8-11,16-17H,3-7H2,1-2H3. The maximum absolute atomic E-state index is 10.7. The molecule has 1 aromatic rings. The summed E-state index contributed by atoms with van der Waals surface area (Å²) in [6.07, 6.45) is 2.36. The van der Waals surface area contributed by atoms with E-state index < -0.39 is 6.10 Å². The zero-order valence-electron chi connectivity index (χ0n) is 12.1. The van der Waals surface area contributed by atoms with Gasteiger partial charge in [0.2, 0.25) is 0 Å². The molecule has 0 amide bonds. The van der Waals surface area contributed by atoms with Crippen LogP contribution in [-0.2, 0) is 11.2 Å². The average molecular weight is 278 g/mol. The minimum absolute atomic E-state index is 0.199. The first-order chi connectivity index (χ1) is 9.69. The molecule has 0 radical (unpaired) electrons. The maximum atomic E-state index is 10.7. The van der Waals surface area contributed by atoms with Crippen molar-refractivity contribution in [2.45, 2.75) is 38.4 Å². The van der Waals surface area contributed by atoms with Crippen molar-refractivity contribution in [1.29, 1.82) is 0 Å². The third kappa shape index (κ3) is 2.50. The van der Waals surface area contributed by atoms with Crippen LogP contribution in [0.5, 0.6) is 11.5 Å². The summed E-state index contributed by atoms with van der Waals surface area (Å²) in [5.74, 6) is 1.88. The molecular formula is C16H22O4. The third-order valence-electron chi connectivity index (χ3n) is 4.28. The molecule has 1 saturated heterocycles. The molecule has 4 nitrogen and oxygen atoms in total. The smallest absolute Gasteiger partial charge is 0.125 e. The van der Waals surface area contributed by atoms with Crippen LogP contribution in [-0.4, -0.2) is 31.5 Å². The van der Waals surface area contributed by atoms with Crippen molar-refractivity contribution in [3.05, 3.63) is 23.3 Å². The van der Waals surface area contributed by atoms with Gasteiger partial charge in [0.05, 0.1) is 13.2 Å². The molecule has 0 spiro atoms. The molecule has 2 unspecified atom stereocenters. The Morgan fingerprint density at radius 1 is 1.30 bits per heavy atom. The molecule has 2 aliphatic heterocycles. The molecule has 0 saturated carbocycles. The highest BCUT2D eigenvalue weighted by atomic mass is 16.5. The molecule has 1 N–H and O–H groups in total. The molecule has 20 heavy (non-hydrogen) atoms. The van der Waals surface area contributed by atoms with Gasteiger partial charge in [-0.2, -0.15) is 0 Å². The lowest BCUT2D eigenvalue weighted by molar-refractivity contribution is 0.00629. The molecule has 2 atom stereocenters. The second kappa shape index (κ2) is 5.62. The fourth-order valence-electron chi connectivity index (χ4n) is 3.15. The number of rotatable bonds is 3. The SMILES string of the molecule is COc1cc2c(cc1C(O)C1CCOCC1)OC(C)C2. The van der Waals surface area contributed by atoms with Gasteiger partial charge in [0.1, 0.15) is 17.6 Å². The van der Waals surface area contributed by atoms with E-state index in [2.05, 4.69) is 6.92 Å². The van der Waals surface area contributed by atoms with Crippen LogP contribution in [0.25, 0.3) is 0 Å². The summed E-state index contributed by atoms with van der Waals surface area (Å²) in [5.41, 5.74) is 2.00. The highest BCUT2D eigenvalue weighted by molar-refractivity contribution is 5.49. The Balaban J connectivity index is 1.89. The largest absolute Gasteiger partial charge is 0.496 e. The zero-order chi connectivity index (χ0) is 14.1. The molecule has 2 heterocycles. The number of hydrogen-bond acceptors (Lipinski definition) is 4. The molecule has 110 valence electrons. The number of hydrogen-bond donors (Lipinski definition) is 1. The predicted molar refractivity (Wildman–Crippen MR) is 75.3 cm³/mol. The van der Waals surface area contributed by atoms with Gasteiger partial charge in [-0.05, 0) is 37.8 Å². The van der Waals surface area contributed by atoms with Gasteiger partial charge in [-0.1, -0.05) is 0 Å². The Hall–Kier alpha value is -1.26. The van der Waals surface area contributed by atoms with Gasteiger partial charge in [0.25, 0.3) is 0 Å². The van der Waals surface area contributed by atoms with Gasteiger partial charge in [-0.25, -0.2) is 0 Å². The summed E-state index contributed by atoms with van der Waals surface area (Å²) in [6.45, 7) is 3.51. The van der Waals surface area contributed by atoms with Crippen molar-refractivity contribution in [3.63, 3.8) is 0 Å². The summed E-state index contributed by atoms with van der Waals surface area (Å²) < 4.78 is 16.6. The van der Waals surface area contributed by atoms with Crippen molar-refractivity contribution in [1.82, 2.24) is 0 Å². The molecule has 0 bridgehead atoms. The van der Waals surface area contributed by atoms with Crippen LogP contribution >= 0.6 is 0 Å². The van der Waals surface area contributed by atoms with Crippen LogP contribution in [0.1, 0.15) is 37.0 Å². The number of fused-ring (bicyclic) bond motifs is 1. The first-order valence-corrected chi connectivity index (χ1v) is 7.32. The van der Waals surface area contributed by atoms with Crippen LogP contribution in [0.15, 0.2) is 12.1 Å². The average Bonchev–Trinajstić information content (AvgIpc) is 2.85. The summed E-state index contributed by atoms with van der Waals surface area (Å²) in [6, 6.07) is 3.97. The molecule has 2 aliphatic rings. The van der Waals surface area contributed by atoms with E-state index in [1.54, 1.807) is 7.11 Å². The number of aliphatic hydroxyl groups excluding tert-OH is 1. The molecule has 0 aliphatic carbocycles. The van der Waals surface area contributed by atoms with Gasteiger partial charge < -0.3 is 19.3 Å². The lowest BCUT2D eigenvalue weighted by Crippen LogP contribution is -2.22. The van der Waals surface area contributed by atoms with E-state index in [9.17, 15) is 5.11 Å². The van der Waals surface area contributed by atoms with E-state index in [0.29, 0.717) is 0 Å². The normalized spacial score (nSPS) is 24.1. The maximum Gasteiger partial charge on any atom is 0.125 e. The predicted octanol–water partition coefficient (Wildman–Crippen LogP) is 2.48. The summed E-state index contributed by atoms with van der Waals surface area (Å²) >= 11 is 0. The second-order valence-electron chi connectivity index (χ2n) is 5.73. The molecule has 1 fully saturated rings. The van der Waals surface area contributed by atoms with E-state index in [1.165, 1.54) is 0 Å². The van der Waals surface area contributed by atoms with E-state index >= 15 is 0 Å². The zero-order valence-corrected chi connectivity index (χ0v) is 12.1. The monoisotopic (exact) mass is 278 g/mol. The van der Waals surface area contributed by atoms with Crippen LogP contribution in [0.2, 0.25) is 0 Å². The van der Waals surface area contributed by atoms with E-state index in [4.69, 9.17) is 14.2 Å². The van der Waals surface area contributed by atoms with E-state index in [0.717, 1.165) is 55.1 Å². The first-order valence-electron chi connectivity index (χ1n) is 7.32. The number of aliphatic hydroxyl groups is 1. The Kier molecular flexibility index (Phi) is 3.85. The van der Waals surface area contributed by atoms with Crippen LogP contribution in [0.3, 0.4) is 0 Å². The second-order valence-corrected chi connectivity index (χ2v) is 5.73. The van der Waals surface area contributed by atoms with E-state index in [-0.39, 0.29) is 12.0 Å². The van der Waals surface area contributed by atoms with Gasteiger partial charge in [0, 0.05) is 30.8 Å². The van der Waals surface area contributed by atoms with Crippen molar-refractivity contribution in [3.8, 4) is 11.5 Å². The molecule has 0 aromatic heterocycles. The number of ether oxygens (including phenoxy) is 3. The van der Waals surface area contributed by atoms with Gasteiger partial charge in [-0.3, -0.25) is 0 Å². The third-order valence-corrected chi connectivity index (χ3v) is 4.28. The topological polar surface area (TPSA) is 47.9 Å². The number of methoxy groups -OCH3 is 1. The summed E-state index contributed by atoms with van der Waals surface area (Å²) in [4.78, 5) is 0. The van der Waals surface area contributed by atoms with Crippen LogP contribution in [0.4, 0.5) is 0 Å². The van der Waals surface area contributed by atoms with Gasteiger partial charge in [0.15, 0.2) is 0 Å². The molecule has 3 rings (SSSR count). The van der Waals surface area contributed by atoms with Crippen molar-refractivity contribution < 1.29 is 19.3 Å². The fraction of sp³-hybridized carbons (Fsp3) is 0.625. The Morgan fingerprint density at radius 2 is 2.05 bits per heavy atom. The Morgan fingerprint density at radius 3 is 2.75 bits per heavy atom. The molecule has 4 heteroatoms. The van der Waals surface area contributed by atoms with Crippen LogP contribution in [0, 0.1) is 5.92 Å². The Bertz CT molecular complexity index is 480. The molecule has 1 aromatic carbocycles. The lowest BCUT2D eigenvalue weighted by Gasteiger charge is -2.28. The highest BCUT2D eigenvalue weighted by Gasteiger charge is 2.29. The highest BCUT2D eigenvalue weighted by Crippen LogP contribution is 2.41. The summed E-state index contributed by atoms with van der Waals surface area (Å²) in [7, 11) is 1.65. The van der Waals surface area contributed by atoms with Crippen molar-refractivity contribution in [2.75, 3.05) is 20.3 Å².